The third-order valence-corrected chi connectivity index (χ3v) is 4.40. The predicted molar refractivity (Wildman–Crippen MR) is 80.3 cm³/mol. The van der Waals surface area contributed by atoms with Crippen molar-refractivity contribution >= 4 is 17.5 Å². The summed E-state index contributed by atoms with van der Waals surface area (Å²) in [5, 5.41) is 5.71. The van der Waals surface area contributed by atoms with Crippen molar-refractivity contribution in [1.29, 1.82) is 0 Å². The van der Waals surface area contributed by atoms with E-state index in [0.717, 1.165) is 24.2 Å². The summed E-state index contributed by atoms with van der Waals surface area (Å²) in [6, 6.07) is 5.49. The van der Waals surface area contributed by atoms with Gasteiger partial charge in [0.25, 0.3) is 5.91 Å². The Hall–Kier alpha value is -2.63. The van der Waals surface area contributed by atoms with Gasteiger partial charge in [-0.3, -0.25) is 9.59 Å². The summed E-state index contributed by atoms with van der Waals surface area (Å²) >= 11 is 0. The predicted octanol–water partition coefficient (Wildman–Crippen LogP) is 1.33. The van der Waals surface area contributed by atoms with Gasteiger partial charge in [-0.15, -0.1) is 0 Å². The van der Waals surface area contributed by atoms with E-state index in [2.05, 4.69) is 20.2 Å². The van der Waals surface area contributed by atoms with Crippen molar-refractivity contribution in [3.05, 3.63) is 47.5 Å². The highest BCUT2D eigenvalue weighted by Crippen LogP contribution is 2.24. The van der Waals surface area contributed by atoms with E-state index in [9.17, 15) is 9.59 Å². The van der Waals surface area contributed by atoms with Gasteiger partial charge in [-0.1, -0.05) is 6.07 Å². The Balaban J connectivity index is 1.49. The highest BCUT2D eigenvalue weighted by Gasteiger charge is 2.25. The van der Waals surface area contributed by atoms with Gasteiger partial charge < -0.3 is 15.2 Å². The molecule has 1 aromatic heterocycles. The molecule has 1 aromatic carbocycles. The monoisotopic (exact) mass is 296 g/mol. The molecule has 0 unspecified atom stereocenters. The summed E-state index contributed by atoms with van der Waals surface area (Å²) in [7, 11) is 0. The number of benzene rings is 1. The molecular weight excluding hydrogens is 280 g/mol. The van der Waals surface area contributed by atoms with Crippen LogP contribution in [0.3, 0.4) is 0 Å². The molecule has 6 heteroatoms. The summed E-state index contributed by atoms with van der Waals surface area (Å²) in [6.07, 6.45) is 5.14. The number of aryl methyl sites for hydroxylation is 1. The first-order valence-corrected chi connectivity index (χ1v) is 7.42. The number of nitrogens with zero attached hydrogens (tertiary/aromatic N) is 2. The molecule has 0 saturated heterocycles. The molecule has 1 atom stereocenters. The van der Waals surface area contributed by atoms with Crippen molar-refractivity contribution < 1.29 is 9.59 Å². The van der Waals surface area contributed by atoms with Crippen molar-refractivity contribution in [3.63, 3.8) is 0 Å². The normalized spacial score (nSPS) is 19.3. The van der Waals surface area contributed by atoms with Crippen LogP contribution in [0, 0.1) is 5.92 Å². The average Bonchev–Trinajstić information content (AvgIpc) is 3.13. The van der Waals surface area contributed by atoms with Crippen molar-refractivity contribution in [2.75, 3.05) is 5.32 Å². The lowest BCUT2D eigenvalue weighted by Crippen LogP contribution is -2.30. The van der Waals surface area contributed by atoms with Gasteiger partial charge in [-0.05, 0) is 24.1 Å². The Bertz CT molecular complexity index is 765. The zero-order chi connectivity index (χ0) is 15.1. The van der Waals surface area contributed by atoms with E-state index in [4.69, 9.17) is 0 Å². The second-order valence-corrected chi connectivity index (χ2v) is 5.81. The number of hydrogen-bond acceptors (Lipinski definition) is 3. The van der Waals surface area contributed by atoms with Gasteiger partial charge in [0, 0.05) is 48.6 Å². The van der Waals surface area contributed by atoms with E-state index in [0.29, 0.717) is 24.2 Å². The molecule has 4 rings (SSSR count). The highest BCUT2D eigenvalue weighted by atomic mass is 16.2. The maximum atomic E-state index is 12.4. The van der Waals surface area contributed by atoms with E-state index in [1.807, 2.05) is 24.7 Å². The maximum Gasteiger partial charge on any atom is 0.251 e. The molecule has 2 N–H and O–H groups in total. The second kappa shape index (κ2) is 4.98. The molecule has 2 aliphatic rings. The van der Waals surface area contributed by atoms with Crippen LogP contribution in [0.4, 0.5) is 5.69 Å². The van der Waals surface area contributed by atoms with E-state index in [-0.39, 0.29) is 17.7 Å². The quantitative estimate of drug-likeness (QED) is 0.877. The van der Waals surface area contributed by atoms with E-state index < -0.39 is 0 Å². The first-order chi connectivity index (χ1) is 10.7. The molecule has 112 valence electrons. The Labute approximate surface area is 127 Å². The minimum atomic E-state index is -0.0762. The number of imidazole rings is 1. The first-order valence-electron chi connectivity index (χ1n) is 7.42. The van der Waals surface area contributed by atoms with Crippen LogP contribution in [0.25, 0.3) is 0 Å². The van der Waals surface area contributed by atoms with Gasteiger partial charge in [0.1, 0.15) is 0 Å². The SMILES string of the molecule is O=C1NCc2ccc(NC(=O)[C@@H]3CCn4cncc4C3)cc21. The zero-order valence-electron chi connectivity index (χ0n) is 12.0. The van der Waals surface area contributed by atoms with Crippen LogP contribution in [0.5, 0.6) is 0 Å². The number of anilines is 1. The Morgan fingerprint density at radius 2 is 2.32 bits per heavy atom. The summed E-state index contributed by atoms with van der Waals surface area (Å²) in [5.41, 5.74) is 3.41. The third-order valence-electron chi connectivity index (χ3n) is 4.40. The molecule has 2 aromatic rings. The number of nitrogens with one attached hydrogen (secondary N) is 2. The molecule has 2 amide bonds. The van der Waals surface area contributed by atoms with E-state index in [1.54, 1.807) is 6.07 Å². The molecule has 0 spiro atoms. The van der Waals surface area contributed by atoms with Crippen LogP contribution in [-0.2, 0) is 24.3 Å². The van der Waals surface area contributed by atoms with Crippen LogP contribution in [0.2, 0.25) is 0 Å². The number of carbonyl (C=O) groups is 2. The summed E-state index contributed by atoms with van der Waals surface area (Å²) in [4.78, 5) is 28.2. The summed E-state index contributed by atoms with van der Waals surface area (Å²) in [6.45, 7) is 1.38. The van der Waals surface area contributed by atoms with Crippen LogP contribution < -0.4 is 10.6 Å². The Morgan fingerprint density at radius 1 is 1.41 bits per heavy atom. The lowest BCUT2D eigenvalue weighted by atomic mass is 9.95. The highest BCUT2D eigenvalue weighted by molar-refractivity contribution is 6.00. The largest absolute Gasteiger partial charge is 0.348 e. The fraction of sp³-hybridized carbons (Fsp3) is 0.312. The number of carbonyl (C=O) groups excluding carboxylic acids is 2. The van der Waals surface area contributed by atoms with Gasteiger partial charge in [-0.25, -0.2) is 4.98 Å². The molecular formula is C16H16N4O2. The molecule has 0 fully saturated rings. The number of aromatic nitrogens is 2. The van der Waals surface area contributed by atoms with Crippen LogP contribution in [0.15, 0.2) is 30.7 Å². The fourth-order valence-electron chi connectivity index (χ4n) is 3.13. The number of rotatable bonds is 2. The summed E-state index contributed by atoms with van der Waals surface area (Å²) < 4.78 is 2.09. The molecule has 0 aliphatic carbocycles. The fourth-order valence-corrected chi connectivity index (χ4v) is 3.13. The number of fused-ring (bicyclic) bond motifs is 2. The van der Waals surface area contributed by atoms with Crippen LogP contribution in [0.1, 0.15) is 28.0 Å². The smallest absolute Gasteiger partial charge is 0.251 e. The average molecular weight is 296 g/mol. The summed E-state index contributed by atoms with van der Waals surface area (Å²) in [5.74, 6) is -0.121. The minimum absolute atomic E-state index is 0.00538. The number of amides is 2. The van der Waals surface area contributed by atoms with Crippen molar-refractivity contribution in [2.24, 2.45) is 5.92 Å². The standard InChI is InChI=1S/C16H16N4O2/c21-15(10-3-4-20-9-17-8-13(20)5-10)19-12-2-1-11-7-18-16(22)14(11)6-12/h1-2,6,8-10H,3-5,7H2,(H,18,22)(H,19,21)/t10-/m1/s1. The second-order valence-electron chi connectivity index (χ2n) is 5.81. The third kappa shape index (κ3) is 2.16. The van der Waals surface area contributed by atoms with Crippen molar-refractivity contribution in [2.45, 2.75) is 25.9 Å². The van der Waals surface area contributed by atoms with Crippen molar-refractivity contribution in [1.82, 2.24) is 14.9 Å². The van der Waals surface area contributed by atoms with Crippen molar-refractivity contribution in [3.8, 4) is 0 Å². The molecule has 6 nitrogen and oxygen atoms in total. The molecule has 22 heavy (non-hydrogen) atoms. The molecule has 3 heterocycles. The molecule has 2 aliphatic heterocycles. The van der Waals surface area contributed by atoms with E-state index >= 15 is 0 Å². The minimum Gasteiger partial charge on any atom is -0.348 e. The van der Waals surface area contributed by atoms with Gasteiger partial charge in [0.2, 0.25) is 5.91 Å². The topological polar surface area (TPSA) is 76.0 Å². The Morgan fingerprint density at radius 3 is 3.23 bits per heavy atom. The van der Waals surface area contributed by atoms with E-state index in [1.165, 1.54) is 0 Å². The van der Waals surface area contributed by atoms with Crippen LogP contribution >= 0.6 is 0 Å². The lowest BCUT2D eigenvalue weighted by Gasteiger charge is -2.23. The lowest BCUT2D eigenvalue weighted by molar-refractivity contribution is -0.120. The molecule has 0 bridgehead atoms. The first kappa shape index (κ1) is 13.1. The van der Waals surface area contributed by atoms with Gasteiger partial charge in [-0.2, -0.15) is 0 Å². The zero-order valence-corrected chi connectivity index (χ0v) is 12.0. The van der Waals surface area contributed by atoms with Gasteiger partial charge in [0.05, 0.1) is 6.33 Å². The Kier molecular flexibility index (Phi) is 2.96. The van der Waals surface area contributed by atoms with Gasteiger partial charge >= 0.3 is 0 Å². The van der Waals surface area contributed by atoms with Crippen LogP contribution in [-0.4, -0.2) is 21.4 Å². The molecule has 0 saturated carbocycles. The molecule has 0 radical (unpaired) electrons. The van der Waals surface area contributed by atoms with Gasteiger partial charge in [0.15, 0.2) is 0 Å². The maximum absolute atomic E-state index is 12.4. The number of hydrogen-bond donors (Lipinski definition) is 2.